The topological polar surface area (TPSA) is 110 Å². The molecule has 1 fully saturated rings. The van der Waals surface area contributed by atoms with Crippen molar-refractivity contribution in [3.8, 4) is 5.75 Å². The van der Waals surface area contributed by atoms with Gasteiger partial charge >= 0.3 is 11.9 Å². The molecule has 7 nitrogen and oxygen atoms in total. The largest absolute Gasteiger partial charge is 0.508 e. The van der Waals surface area contributed by atoms with Crippen molar-refractivity contribution >= 4 is 17.7 Å². The van der Waals surface area contributed by atoms with Gasteiger partial charge in [0.1, 0.15) is 24.9 Å². The van der Waals surface area contributed by atoms with Crippen LogP contribution in [-0.2, 0) is 37.1 Å². The first-order valence-electron chi connectivity index (χ1n) is 11.7. The van der Waals surface area contributed by atoms with Gasteiger partial charge in [0, 0.05) is 12.3 Å². The number of hydrogen-bond donors (Lipinski definition) is 2. The molecule has 186 valence electrons. The second-order valence-electron chi connectivity index (χ2n) is 9.26. The summed E-state index contributed by atoms with van der Waals surface area (Å²) in [4.78, 5) is 39.9. The van der Waals surface area contributed by atoms with Crippen LogP contribution in [0.2, 0.25) is 0 Å². The van der Waals surface area contributed by atoms with Crippen LogP contribution in [0.15, 0.2) is 84.9 Å². The van der Waals surface area contributed by atoms with E-state index in [0.29, 0.717) is 5.56 Å². The number of carbonyl (C=O) groups excluding carboxylic acids is 3. The summed E-state index contributed by atoms with van der Waals surface area (Å²) in [7, 11) is 0. The number of rotatable bonds is 7. The highest BCUT2D eigenvalue weighted by Crippen LogP contribution is 2.47. The number of hydrogen-bond acceptors (Lipinski definition) is 7. The van der Waals surface area contributed by atoms with E-state index in [0.717, 1.165) is 11.1 Å². The van der Waals surface area contributed by atoms with E-state index in [1.807, 2.05) is 36.4 Å². The van der Waals surface area contributed by atoms with Crippen molar-refractivity contribution < 1.29 is 34.1 Å². The Bertz CT molecular complexity index is 1200. The molecular weight excluding hydrogens is 460 g/mol. The number of carbonyl (C=O) groups is 3. The normalized spacial score (nSPS) is 23.6. The minimum Gasteiger partial charge on any atom is -0.508 e. The highest BCUT2D eigenvalue weighted by molar-refractivity contribution is 6.02. The Morgan fingerprint density at radius 3 is 1.86 bits per heavy atom. The maximum absolute atomic E-state index is 13.4. The van der Waals surface area contributed by atoms with Crippen molar-refractivity contribution in [3.63, 3.8) is 0 Å². The van der Waals surface area contributed by atoms with Crippen LogP contribution in [0, 0.1) is 11.8 Å². The first-order valence-corrected chi connectivity index (χ1v) is 11.7. The maximum Gasteiger partial charge on any atom is 0.317 e. The molecule has 3 aromatic rings. The van der Waals surface area contributed by atoms with Crippen molar-refractivity contribution in [3.05, 3.63) is 102 Å². The van der Waals surface area contributed by atoms with Crippen LogP contribution in [0.5, 0.6) is 5.75 Å². The molecule has 1 saturated carbocycles. The SMILES string of the molecule is C[C@@]1(O)CC(=O)[C@H](C(=O)OCc2ccccc2)[C@H](c2ccc(O)cc2)[C@@H]1C(=O)OCc1ccccc1. The quantitative estimate of drug-likeness (QED) is 0.383. The number of Topliss-reactive ketones (excluding diaryl/α,β-unsaturated/α-hetero) is 1. The van der Waals surface area contributed by atoms with Crippen LogP contribution >= 0.6 is 0 Å². The van der Waals surface area contributed by atoms with Gasteiger partial charge in [0.05, 0.1) is 11.5 Å². The molecule has 0 aromatic heterocycles. The van der Waals surface area contributed by atoms with Crippen LogP contribution in [0.1, 0.15) is 36.0 Å². The standard InChI is InChI=1S/C29H28O7/c1-29(34)16-23(31)25(27(32)35-17-19-8-4-2-5-9-19)24(21-12-14-22(30)15-13-21)26(29)28(33)36-18-20-10-6-3-7-11-20/h2-15,24-26,30,34H,16-18H2,1H3/t24-,25-,26+,29+/m0/s1. The zero-order chi connectivity index (χ0) is 25.7. The Balaban J connectivity index is 1.66. The van der Waals surface area contributed by atoms with Gasteiger partial charge in [-0.1, -0.05) is 72.8 Å². The third-order valence-corrected chi connectivity index (χ3v) is 6.50. The predicted octanol–water partition coefficient (Wildman–Crippen LogP) is 3.92. The van der Waals surface area contributed by atoms with Crippen molar-refractivity contribution in [2.24, 2.45) is 11.8 Å². The van der Waals surface area contributed by atoms with E-state index in [9.17, 15) is 24.6 Å². The molecule has 4 rings (SSSR count). The minimum atomic E-state index is -1.76. The van der Waals surface area contributed by atoms with Crippen molar-refractivity contribution in [2.75, 3.05) is 0 Å². The number of aromatic hydroxyl groups is 1. The first-order chi connectivity index (χ1) is 17.3. The van der Waals surface area contributed by atoms with E-state index in [1.165, 1.54) is 31.2 Å². The van der Waals surface area contributed by atoms with E-state index in [4.69, 9.17) is 9.47 Å². The summed E-state index contributed by atoms with van der Waals surface area (Å²) in [6, 6.07) is 24.0. The first kappa shape index (κ1) is 25.1. The Kier molecular flexibility index (Phi) is 7.50. The summed E-state index contributed by atoms with van der Waals surface area (Å²) in [6.45, 7) is 1.34. The molecule has 0 unspecified atom stereocenters. The zero-order valence-corrected chi connectivity index (χ0v) is 19.9. The summed E-state index contributed by atoms with van der Waals surface area (Å²) in [5, 5.41) is 21.0. The molecule has 4 atom stereocenters. The second kappa shape index (κ2) is 10.7. The number of benzene rings is 3. The number of phenolic OH excluding ortho intramolecular Hbond substituents is 1. The highest BCUT2D eigenvalue weighted by atomic mass is 16.5. The smallest absolute Gasteiger partial charge is 0.317 e. The molecule has 3 aromatic carbocycles. The molecule has 7 heteroatoms. The third-order valence-electron chi connectivity index (χ3n) is 6.50. The number of esters is 2. The lowest BCUT2D eigenvalue weighted by Gasteiger charge is -2.43. The molecule has 2 N–H and O–H groups in total. The van der Waals surface area contributed by atoms with E-state index in [2.05, 4.69) is 0 Å². The van der Waals surface area contributed by atoms with Crippen molar-refractivity contribution in [2.45, 2.75) is 38.1 Å². The Hall–Kier alpha value is -3.97. The molecule has 0 aliphatic heterocycles. The van der Waals surface area contributed by atoms with Crippen LogP contribution < -0.4 is 0 Å². The van der Waals surface area contributed by atoms with Crippen molar-refractivity contribution in [1.29, 1.82) is 0 Å². The molecule has 1 aliphatic carbocycles. The molecule has 1 aliphatic rings. The summed E-state index contributed by atoms with van der Waals surface area (Å²) in [5.41, 5.74) is 0.187. The number of ether oxygens (including phenoxy) is 2. The lowest BCUT2D eigenvalue weighted by atomic mass is 9.61. The van der Waals surface area contributed by atoms with E-state index < -0.39 is 47.5 Å². The molecule has 0 bridgehead atoms. The fraction of sp³-hybridized carbons (Fsp3) is 0.276. The molecule has 0 spiro atoms. The van der Waals surface area contributed by atoms with Gasteiger partial charge in [0.15, 0.2) is 5.78 Å². The van der Waals surface area contributed by atoms with Crippen LogP contribution in [0.25, 0.3) is 0 Å². The average molecular weight is 489 g/mol. The molecule has 0 amide bonds. The van der Waals surface area contributed by atoms with Crippen LogP contribution in [0.3, 0.4) is 0 Å². The van der Waals surface area contributed by atoms with Gasteiger partial charge in [-0.3, -0.25) is 14.4 Å². The second-order valence-corrected chi connectivity index (χ2v) is 9.26. The summed E-state index contributed by atoms with van der Waals surface area (Å²) in [6.07, 6.45) is -0.405. The number of phenols is 1. The Morgan fingerprint density at radius 1 is 0.833 bits per heavy atom. The van der Waals surface area contributed by atoms with E-state index in [-0.39, 0.29) is 19.0 Å². The molecule has 0 radical (unpaired) electrons. The van der Waals surface area contributed by atoms with Gasteiger partial charge in [-0.05, 0) is 35.7 Å². The molecule has 0 saturated heterocycles. The van der Waals surface area contributed by atoms with Crippen LogP contribution in [-0.4, -0.2) is 33.5 Å². The van der Waals surface area contributed by atoms with Gasteiger partial charge in [-0.15, -0.1) is 0 Å². The summed E-state index contributed by atoms with van der Waals surface area (Å²) in [5.74, 6) is -5.64. The van der Waals surface area contributed by atoms with E-state index in [1.54, 1.807) is 24.3 Å². The zero-order valence-electron chi connectivity index (χ0n) is 19.9. The minimum absolute atomic E-state index is 0.0148. The third kappa shape index (κ3) is 5.63. The van der Waals surface area contributed by atoms with Gasteiger partial charge in [0.2, 0.25) is 0 Å². The highest BCUT2D eigenvalue weighted by Gasteiger charge is 2.57. The molecule has 0 heterocycles. The van der Waals surface area contributed by atoms with Gasteiger partial charge in [0.25, 0.3) is 0 Å². The fourth-order valence-electron chi connectivity index (χ4n) is 4.75. The fourth-order valence-corrected chi connectivity index (χ4v) is 4.75. The predicted molar refractivity (Wildman–Crippen MR) is 131 cm³/mol. The summed E-state index contributed by atoms with van der Waals surface area (Å²) >= 11 is 0. The van der Waals surface area contributed by atoms with Crippen LogP contribution in [0.4, 0.5) is 0 Å². The summed E-state index contributed by atoms with van der Waals surface area (Å²) < 4.78 is 11.1. The molecule has 36 heavy (non-hydrogen) atoms. The Morgan fingerprint density at radius 2 is 1.33 bits per heavy atom. The lowest BCUT2D eigenvalue weighted by molar-refractivity contribution is -0.174. The van der Waals surface area contributed by atoms with Gasteiger partial charge in [-0.25, -0.2) is 0 Å². The van der Waals surface area contributed by atoms with Gasteiger partial charge in [-0.2, -0.15) is 0 Å². The van der Waals surface area contributed by atoms with Crippen molar-refractivity contribution in [1.82, 2.24) is 0 Å². The number of ketones is 1. The molecular formula is C29H28O7. The van der Waals surface area contributed by atoms with Gasteiger partial charge < -0.3 is 19.7 Å². The lowest BCUT2D eigenvalue weighted by Crippen LogP contribution is -2.55. The monoisotopic (exact) mass is 488 g/mol. The average Bonchev–Trinajstić information content (AvgIpc) is 2.86. The Labute approximate surface area is 209 Å². The number of aliphatic hydroxyl groups is 1. The maximum atomic E-state index is 13.4. The van der Waals surface area contributed by atoms with E-state index >= 15 is 0 Å².